The minimum Gasteiger partial charge on any atom is -0.315 e. The second-order valence-corrected chi connectivity index (χ2v) is 4.97. The maximum Gasteiger partial charge on any atom is 0.134 e. The lowest BCUT2D eigenvalue weighted by Gasteiger charge is -2.07. The van der Waals surface area contributed by atoms with Crippen LogP contribution in [-0.4, -0.2) is 27.4 Å². The number of fused-ring (bicyclic) bond motifs is 1. The van der Waals surface area contributed by atoms with E-state index in [2.05, 4.69) is 20.1 Å². The molecule has 0 unspecified atom stereocenters. The van der Waals surface area contributed by atoms with Gasteiger partial charge in [-0.25, -0.2) is 0 Å². The van der Waals surface area contributed by atoms with Crippen LogP contribution in [0.15, 0.2) is 0 Å². The van der Waals surface area contributed by atoms with Crippen LogP contribution in [0, 0.1) is 0 Å². The van der Waals surface area contributed by atoms with Gasteiger partial charge in [0.25, 0.3) is 0 Å². The summed E-state index contributed by atoms with van der Waals surface area (Å²) in [6, 6.07) is 0.798. The number of hydrogen-bond donors (Lipinski definition) is 1. The van der Waals surface area contributed by atoms with Crippen LogP contribution in [-0.2, 0) is 19.4 Å². The number of aryl methyl sites for hydroxylation is 1. The molecule has 1 saturated carbocycles. The third kappa shape index (κ3) is 2.26. The molecule has 0 radical (unpaired) electrons. The fourth-order valence-corrected chi connectivity index (χ4v) is 2.41. The van der Waals surface area contributed by atoms with E-state index in [4.69, 9.17) is 0 Å². The summed E-state index contributed by atoms with van der Waals surface area (Å²) in [7, 11) is 0. The van der Waals surface area contributed by atoms with Crippen molar-refractivity contribution in [2.24, 2.45) is 0 Å². The summed E-state index contributed by atoms with van der Waals surface area (Å²) in [5.74, 6) is 2.39. The Morgan fingerprint density at radius 1 is 1.19 bits per heavy atom. The minimum atomic E-state index is 0.798. The normalized spacial score (nSPS) is 20.5. The van der Waals surface area contributed by atoms with E-state index in [1.807, 2.05) is 0 Å². The van der Waals surface area contributed by atoms with Gasteiger partial charge in [-0.3, -0.25) is 0 Å². The summed E-state index contributed by atoms with van der Waals surface area (Å²) < 4.78 is 2.35. The molecule has 4 nitrogen and oxygen atoms in total. The van der Waals surface area contributed by atoms with Crippen molar-refractivity contribution in [2.45, 2.75) is 57.5 Å². The number of nitrogens with zero attached hydrogens (tertiary/aromatic N) is 3. The first-order chi connectivity index (χ1) is 7.93. The van der Waals surface area contributed by atoms with Crippen LogP contribution in [0.1, 0.15) is 43.8 Å². The molecule has 0 bridgehead atoms. The molecule has 1 aromatic heterocycles. The smallest absolute Gasteiger partial charge is 0.134 e. The molecule has 0 saturated heterocycles. The third-order valence-electron chi connectivity index (χ3n) is 3.55. The second-order valence-electron chi connectivity index (χ2n) is 4.97. The number of nitrogens with one attached hydrogen (secondary N) is 1. The van der Waals surface area contributed by atoms with Crippen LogP contribution >= 0.6 is 0 Å². The van der Waals surface area contributed by atoms with Gasteiger partial charge in [-0.15, -0.1) is 10.2 Å². The monoisotopic (exact) mass is 220 g/mol. The van der Waals surface area contributed by atoms with Crippen LogP contribution in [0.3, 0.4) is 0 Å². The van der Waals surface area contributed by atoms with Crippen molar-refractivity contribution in [2.75, 3.05) is 6.54 Å². The van der Waals surface area contributed by atoms with E-state index in [1.54, 1.807) is 0 Å². The summed E-state index contributed by atoms with van der Waals surface area (Å²) in [6.07, 6.45) is 8.76. The Labute approximate surface area is 96.4 Å². The molecule has 2 aliphatic rings. The lowest BCUT2D eigenvalue weighted by molar-refractivity contribution is 0.586. The summed E-state index contributed by atoms with van der Waals surface area (Å²) in [5, 5.41) is 12.2. The summed E-state index contributed by atoms with van der Waals surface area (Å²) in [6.45, 7) is 2.18. The molecule has 1 aliphatic carbocycles. The van der Waals surface area contributed by atoms with Crippen LogP contribution in [0.2, 0.25) is 0 Å². The Morgan fingerprint density at radius 3 is 3.00 bits per heavy atom. The van der Waals surface area contributed by atoms with Gasteiger partial charge < -0.3 is 9.88 Å². The van der Waals surface area contributed by atoms with E-state index in [0.29, 0.717) is 0 Å². The first-order valence-corrected chi connectivity index (χ1v) is 6.58. The maximum absolute atomic E-state index is 4.33. The first kappa shape index (κ1) is 10.3. The first-order valence-electron chi connectivity index (χ1n) is 6.58. The Kier molecular flexibility index (Phi) is 2.91. The topological polar surface area (TPSA) is 42.7 Å². The van der Waals surface area contributed by atoms with Crippen LogP contribution in [0.25, 0.3) is 0 Å². The highest BCUT2D eigenvalue weighted by Crippen LogP contribution is 2.18. The Hall–Kier alpha value is -0.900. The van der Waals surface area contributed by atoms with Crippen molar-refractivity contribution in [3.8, 4) is 0 Å². The summed E-state index contributed by atoms with van der Waals surface area (Å²) in [5.41, 5.74) is 0. The molecular weight excluding hydrogens is 200 g/mol. The molecule has 0 atom stereocenters. The largest absolute Gasteiger partial charge is 0.315 e. The molecule has 1 N–H and O–H groups in total. The predicted octanol–water partition coefficient (Wildman–Crippen LogP) is 1.30. The lowest BCUT2D eigenvalue weighted by atomic mass is 10.2. The maximum atomic E-state index is 4.33. The molecule has 16 heavy (non-hydrogen) atoms. The molecule has 3 rings (SSSR count). The second kappa shape index (κ2) is 4.53. The highest BCUT2D eigenvalue weighted by molar-refractivity contribution is 4.98. The summed E-state index contributed by atoms with van der Waals surface area (Å²) in [4.78, 5) is 0. The highest BCUT2D eigenvalue weighted by Gasteiger charge is 2.20. The van der Waals surface area contributed by atoms with Gasteiger partial charge in [-0.05, 0) is 25.7 Å². The SMILES string of the molecule is C1CCc2nnc(CCNC3CC3)n2CC1. The summed E-state index contributed by atoms with van der Waals surface area (Å²) >= 11 is 0. The molecule has 1 aromatic rings. The van der Waals surface area contributed by atoms with Crippen molar-refractivity contribution in [3.05, 3.63) is 11.6 Å². The Morgan fingerprint density at radius 2 is 2.12 bits per heavy atom. The molecule has 0 spiro atoms. The van der Waals surface area contributed by atoms with Gasteiger partial charge in [0, 0.05) is 32.0 Å². The van der Waals surface area contributed by atoms with E-state index in [-0.39, 0.29) is 0 Å². The molecule has 1 fully saturated rings. The Balaban J connectivity index is 1.62. The van der Waals surface area contributed by atoms with Crippen LogP contribution in [0.5, 0.6) is 0 Å². The van der Waals surface area contributed by atoms with Crippen molar-refractivity contribution < 1.29 is 0 Å². The van der Waals surface area contributed by atoms with E-state index in [1.165, 1.54) is 43.8 Å². The molecule has 0 amide bonds. The van der Waals surface area contributed by atoms with Crippen molar-refractivity contribution in [3.63, 3.8) is 0 Å². The standard InChI is InChI=1S/C12H20N4/c1-2-4-11-14-15-12(16(11)9-3-1)7-8-13-10-5-6-10/h10,13H,1-9H2. The fraction of sp³-hybridized carbons (Fsp3) is 0.833. The molecule has 88 valence electrons. The third-order valence-corrected chi connectivity index (χ3v) is 3.55. The van der Waals surface area contributed by atoms with Crippen molar-refractivity contribution in [1.82, 2.24) is 20.1 Å². The molecule has 4 heteroatoms. The van der Waals surface area contributed by atoms with E-state index < -0.39 is 0 Å². The van der Waals surface area contributed by atoms with Gasteiger partial charge in [0.1, 0.15) is 11.6 Å². The van der Waals surface area contributed by atoms with Crippen LogP contribution < -0.4 is 5.32 Å². The average molecular weight is 220 g/mol. The van der Waals surface area contributed by atoms with E-state index in [0.717, 1.165) is 32.0 Å². The van der Waals surface area contributed by atoms with Gasteiger partial charge in [-0.1, -0.05) is 6.42 Å². The number of hydrogen-bond acceptors (Lipinski definition) is 3. The van der Waals surface area contributed by atoms with Gasteiger partial charge in [0.15, 0.2) is 0 Å². The van der Waals surface area contributed by atoms with Crippen molar-refractivity contribution >= 4 is 0 Å². The zero-order chi connectivity index (χ0) is 10.8. The predicted molar refractivity (Wildman–Crippen MR) is 62.3 cm³/mol. The lowest BCUT2D eigenvalue weighted by Crippen LogP contribution is -2.21. The quantitative estimate of drug-likeness (QED) is 0.831. The number of rotatable bonds is 4. The highest BCUT2D eigenvalue weighted by atomic mass is 15.3. The molecular formula is C12H20N4. The van der Waals surface area contributed by atoms with Gasteiger partial charge in [0.2, 0.25) is 0 Å². The average Bonchev–Trinajstić information content (AvgIpc) is 3.06. The number of aromatic nitrogens is 3. The van der Waals surface area contributed by atoms with Gasteiger partial charge in [-0.2, -0.15) is 0 Å². The van der Waals surface area contributed by atoms with Crippen molar-refractivity contribution in [1.29, 1.82) is 0 Å². The molecule has 0 aromatic carbocycles. The van der Waals surface area contributed by atoms with E-state index >= 15 is 0 Å². The fourth-order valence-electron chi connectivity index (χ4n) is 2.41. The minimum absolute atomic E-state index is 0.798. The van der Waals surface area contributed by atoms with Gasteiger partial charge in [0.05, 0.1) is 0 Å². The molecule has 2 heterocycles. The zero-order valence-corrected chi connectivity index (χ0v) is 9.78. The zero-order valence-electron chi connectivity index (χ0n) is 9.78. The van der Waals surface area contributed by atoms with Crippen LogP contribution in [0.4, 0.5) is 0 Å². The molecule has 1 aliphatic heterocycles. The Bertz CT molecular complexity index is 354. The van der Waals surface area contributed by atoms with E-state index in [9.17, 15) is 0 Å². The van der Waals surface area contributed by atoms with Gasteiger partial charge >= 0.3 is 0 Å².